The van der Waals surface area contributed by atoms with E-state index in [1.165, 1.54) is 0 Å². The van der Waals surface area contributed by atoms with E-state index in [1.54, 1.807) is 0 Å². The molecule has 1 saturated heterocycles. The largest absolute Gasteiger partial charge is 0.386 e. The number of hydrogen-bond acceptors (Lipinski definition) is 5. The molecular weight excluding hydrogens is 220 g/mol. The molecule has 0 aromatic heterocycles. The van der Waals surface area contributed by atoms with Gasteiger partial charge in [-0.1, -0.05) is 13.8 Å². The van der Waals surface area contributed by atoms with Crippen LogP contribution in [0.3, 0.4) is 0 Å². The maximum atomic E-state index is 10.1. The Morgan fingerprint density at radius 3 is 2.29 bits per heavy atom. The number of ether oxygens (including phenoxy) is 2. The summed E-state index contributed by atoms with van der Waals surface area (Å²) in [5.74, 6) is 0.371. The minimum Gasteiger partial charge on any atom is -0.386 e. The van der Waals surface area contributed by atoms with Crippen LogP contribution in [-0.2, 0) is 9.47 Å². The molecule has 102 valence electrons. The fourth-order valence-corrected chi connectivity index (χ4v) is 2.47. The number of nitrogens with two attached hydrogens (primary N) is 2. The molecule has 1 fully saturated rings. The van der Waals surface area contributed by atoms with E-state index in [-0.39, 0.29) is 24.2 Å². The van der Waals surface area contributed by atoms with Crippen LogP contribution in [-0.4, -0.2) is 42.3 Å². The lowest BCUT2D eigenvalue weighted by molar-refractivity contribution is -0.273. The highest BCUT2D eigenvalue weighted by molar-refractivity contribution is 4.93. The molecule has 1 aliphatic rings. The third-order valence-corrected chi connectivity index (χ3v) is 3.26. The van der Waals surface area contributed by atoms with Crippen molar-refractivity contribution < 1.29 is 14.6 Å². The smallest absolute Gasteiger partial charge is 0.185 e. The molecule has 0 aromatic rings. The predicted octanol–water partition coefficient (Wildman–Crippen LogP) is 0.0554. The van der Waals surface area contributed by atoms with Crippen LogP contribution in [0, 0.1) is 11.8 Å². The van der Waals surface area contributed by atoms with E-state index < -0.39 is 12.4 Å². The van der Waals surface area contributed by atoms with Crippen molar-refractivity contribution in [3.05, 3.63) is 0 Å². The minimum absolute atomic E-state index is 0.0177. The molecule has 5 N–H and O–H groups in total. The lowest BCUT2D eigenvalue weighted by atomic mass is 9.79. The van der Waals surface area contributed by atoms with Gasteiger partial charge in [0.1, 0.15) is 6.10 Å². The van der Waals surface area contributed by atoms with Crippen molar-refractivity contribution in [1.29, 1.82) is 0 Å². The average molecular weight is 246 g/mol. The van der Waals surface area contributed by atoms with E-state index in [9.17, 15) is 5.11 Å². The van der Waals surface area contributed by atoms with Crippen LogP contribution >= 0.6 is 0 Å². The Balaban J connectivity index is 2.78. The predicted molar refractivity (Wildman–Crippen MR) is 66.2 cm³/mol. The Hall–Kier alpha value is -0.200. The summed E-state index contributed by atoms with van der Waals surface area (Å²) in [6, 6.07) is -0.360. The molecule has 1 rings (SSSR count). The second kappa shape index (κ2) is 6.11. The zero-order valence-electron chi connectivity index (χ0n) is 11.2. The quantitative estimate of drug-likeness (QED) is 0.652. The van der Waals surface area contributed by atoms with Gasteiger partial charge >= 0.3 is 0 Å². The Morgan fingerprint density at radius 2 is 1.88 bits per heavy atom. The maximum absolute atomic E-state index is 10.1. The van der Waals surface area contributed by atoms with Crippen LogP contribution in [0.4, 0.5) is 0 Å². The summed E-state index contributed by atoms with van der Waals surface area (Å²) in [5, 5.41) is 10.1. The fourth-order valence-electron chi connectivity index (χ4n) is 2.47. The molecule has 2 unspecified atom stereocenters. The molecule has 1 aliphatic heterocycles. The van der Waals surface area contributed by atoms with E-state index in [0.717, 1.165) is 0 Å². The summed E-state index contributed by atoms with van der Waals surface area (Å²) < 4.78 is 11.3. The van der Waals surface area contributed by atoms with E-state index in [2.05, 4.69) is 13.8 Å². The van der Waals surface area contributed by atoms with Gasteiger partial charge in [-0.05, 0) is 19.8 Å². The molecule has 17 heavy (non-hydrogen) atoms. The zero-order valence-corrected chi connectivity index (χ0v) is 11.2. The molecule has 0 aliphatic carbocycles. The average Bonchev–Trinajstić information content (AvgIpc) is 2.23. The molecule has 0 radical (unpaired) electrons. The summed E-state index contributed by atoms with van der Waals surface area (Å²) in [6.45, 7) is 8.31. The van der Waals surface area contributed by atoms with Crippen molar-refractivity contribution in [2.75, 3.05) is 6.54 Å². The van der Waals surface area contributed by atoms with Crippen LogP contribution in [0.5, 0.6) is 0 Å². The van der Waals surface area contributed by atoms with Crippen molar-refractivity contribution in [3.63, 3.8) is 0 Å². The van der Waals surface area contributed by atoms with E-state index >= 15 is 0 Å². The summed E-state index contributed by atoms with van der Waals surface area (Å²) in [4.78, 5) is 0. The van der Waals surface area contributed by atoms with Crippen LogP contribution in [0.2, 0.25) is 0 Å². The summed E-state index contributed by atoms with van der Waals surface area (Å²) >= 11 is 0. The van der Waals surface area contributed by atoms with Gasteiger partial charge in [-0.15, -0.1) is 0 Å². The monoisotopic (exact) mass is 246 g/mol. The summed E-state index contributed by atoms with van der Waals surface area (Å²) in [6.07, 6.45) is -1.64. The number of rotatable bonds is 4. The Bertz CT molecular complexity index is 232. The number of hydrogen-bond donors (Lipinski definition) is 3. The standard InChI is InChI=1S/C12H26N2O3/c1-6(2)9-8(5-13)17-12(16-7(3)4)11(15)10(9)14/h6-12,15H,5,13-14H2,1-4H3/t8?,9-,10?,11-,12+/m1/s1. The van der Waals surface area contributed by atoms with Crippen LogP contribution in [0.1, 0.15) is 27.7 Å². The van der Waals surface area contributed by atoms with Gasteiger partial charge in [0.25, 0.3) is 0 Å². The highest BCUT2D eigenvalue weighted by atomic mass is 16.7. The molecule has 0 amide bonds. The first kappa shape index (κ1) is 14.9. The Morgan fingerprint density at radius 1 is 1.29 bits per heavy atom. The van der Waals surface area contributed by atoms with Crippen molar-refractivity contribution in [1.82, 2.24) is 0 Å². The third kappa shape index (κ3) is 3.39. The topological polar surface area (TPSA) is 90.7 Å². The highest BCUT2D eigenvalue weighted by Crippen LogP contribution is 2.30. The van der Waals surface area contributed by atoms with E-state index in [1.807, 2.05) is 13.8 Å². The lowest BCUT2D eigenvalue weighted by Crippen LogP contribution is -2.62. The van der Waals surface area contributed by atoms with Crippen LogP contribution < -0.4 is 11.5 Å². The second-order valence-electron chi connectivity index (χ2n) is 5.35. The molecule has 1 heterocycles. The summed E-state index contributed by atoms with van der Waals surface area (Å²) in [7, 11) is 0. The van der Waals surface area contributed by atoms with Crippen LogP contribution in [0.15, 0.2) is 0 Å². The molecular formula is C12H26N2O3. The molecule has 0 aromatic carbocycles. The molecule has 5 heteroatoms. The van der Waals surface area contributed by atoms with Gasteiger partial charge in [0, 0.05) is 18.5 Å². The van der Waals surface area contributed by atoms with E-state index in [4.69, 9.17) is 20.9 Å². The SMILES string of the molecule is CC(C)O[C@H]1OC(CN)[C@@H](C(C)C)C(N)[C@H]1O. The first-order valence-electron chi connectivity index (χ1n) is 6.33. The van der Waals surface area contributed by atoms with Gasteiger partial charge in [0.2, 0.25) is 0 Å². The molecule has 0 bridgehead atoms. The lowest BCUT2D eigenvalue weighted by Gasteiger charge is -2.45. The van der Waals surface area contributed by atoms with Gasteiger partial charge in [0.15, 0.2) is 6.29 Å². The van der Waals surface area contributed by atoms with Crippen molar-refractivity contribution in [3.8, 4) is 0 Å². The molecule has 0 spiro atoms. The van der Waals surface area contributed by atoms with Gasteiger partial charge in [-0.2, -0.15) is 0 Å². The maximum Gasteiger partial charge on any atom is 0.185 e. The van der Waals surface area contributed by atoms with Crippen molar-refractivity contribution in [2.45, 2.75) is 58.3 Å². The van der Waals surface area contributed by atoms with Crippen molar-refractivity contribution in [2.24, 2.45) is 23.3 Å². The minimum atomic E-state index is -0.799. The highest BCUT2D eigenvalue weighted by Gasteiger charge is 2.44. The normalized spacial score (nSPS) is 39.0. The van der Waals surface area contributed by atoms with Gasteiger partial charge in [-0.3, -0.25) is 0 Å². The third-order valence-electron chi connectivity index (χ3n) is 3.26. The van der Waals surface area contributed by atoms with E-state index in [0.29, 0.717) is 12.5 Å². The Labute approximate surface area is 103 Å². The Kier molecular flexibility index (Phi) is 5.34. The first-order chi connectivity index (χ1) is 7.88. The molecule has 5 nitrogen and oxygen atoms in total. The molecule has 5 atom stereocenters. The molecule has 0 saturated carbocycles. The van der Waals surface area contributed by atoms with Gasteiger partial charge in [-0.25, -0.2) is 0 Å². The van der Waals surface area contributed by atoms with Gasteiger partial charge < -0.3 is 26.0 Å². The summed E-state index contributed by atoms with van der Waals surface area (Å²) in [5.41, 5.74) is 11.8. The zero-order chi connectivity index (χ0) is 13.2. The van der Waals surface area contributed by atoms with Gasteiger partial charge in [0.05, 0.1) is 12.2 Å². The number of aliphatic hydroxyl groups excluding tert-OH is 1. The second-order valence-corrected chi connectivity index (χ2v) is 5.35. The first-order valence-corrected chi connectivity index (χ1v) is 6.33. The van der Waals surface area contributed by atoms with Crippen molar-refractivity contribution >= 4 is 0 Å². The fraction of sp³-hybridized carbons (Fsp3) is 1.00. The number of aliphatic hydroxyl groups is 1. The van der Waals surface area contributed by atoms with Crippen LogP contribution in [0.25, 0.3) is 0 Å².